The van der Waals surface area contributed by atoms with Crippen LogP contribution < -0.4 is 10.1 Å². The molecule has 0 aliphatic carbocycles. The van der Waals surface area contributed by atoms with Crippen LogP contribution >= 0.6 is 0 Å². The van der Waals surface area contributed by atoms with Crippen LogP contribution in [-0.2, 0) is 0 Å². The van der Waals surface area contributed by atoms with Gasteiger partial charge in [0.25, 0.3) is 0 Å². The predicted octanol–water partition coefficient (Wildman–Crippen LogP) is 2.66. The Kier molecular flexibility index (Phi) is 3.23. The van der Waals surface area contributed by atoms with E-state index >= 15 is 0 Å². The number of amides is 1. The number of nitrogens with zero attached hydrogens (tertiary/aromatic N) is 3. The van der Waals surface area contributed by atoms with Crippen LogP contribution in [0.15, 0.2) is 43.1 Å². The maximum atomic E-state index is 14.0. The fourth-order valence-corrected chi connectivity index (χ4v) is 1.97. The summed E-state index contributed by atoms with van der Waals surface area (Å²) >= 11 is 0. The number of hydrogen-bond donors (Lipinski definition) is 1. The number of halogens is 1. The summed E-state index contributed by atoms with van der Waals surface area (Å²) in [5.74, 6) is -0.158. The lowest BCUT2D eigenvalue weighted by Gasteiger charge is -2.10. The highest BCUT2D eigenvalue weighted by molar-refractivity contribution is 6.01. The van der Waals surface area contributed by atoms with Crippen LogP contribution in [0.2, 0.25) is 0 Å². The maximum Gasteiger partial charge on any atom is 0.331 e. The standard InChI is InChI=1S/C14H11FN4O2/c1-21-9-6-10-12(2-3-17-13(10)11(15)7-9)18-14(20)19-5-4-16-8-19/h2-8H,1H3,(H,17,18,20). The van der Waals surface area contributed by atoms with Gasteiger partial charge in [0.2, 0.25) is 0 Å². The molecule has 0 unspecified atom stereocenters. The second-order valence-corrected chi connectivity index (χ2v) is 4.26. The van der Waals surface area contributed by atoms with Gasteiger partial charge in [0, 0.05) is 30.0 Å². The minimum atomic E-state index is -0.511. The molecule has 7 heteroatoms. The third-order valence-corrected chi connectivity index (χ3v) is 2.99. The molecule has 0 saturated heterocycles. The lowest BCUT2D eigenvalue weighted by molar-refractivity contribution is 0.253. The molecule has 0 aliphatic heterocycles. The quantitative estimate of drug-likeness (QED) is 0.786. The van der Waals surface area contributed by atoms with Gasteiger partial charge in [0.05, 0.1) is 12.8 Å². The van der Waals surface area contributed by atoms with E-state index < -0.39 is 11.8 Å². The summed E-state index contributed by atoms with van der Waals surface area (Å²) < 4.78 is 20.3. The number of imidazole rings is 1. The number of benzene rings is 1. The molecule has 3 rings (SSSR count). The van der Waals surface area contributed by atoms with Crippen molar-refractivity contribution in [1.82, 2.24) is 14.5 Å². The van der Waals surface area contributed by atoms with E-state index in [2.05, 4.69) is 15.3 Å². The number of aromatic nitrogens is 3. The molecule has 21 heavy (non-hydrogen) atoms. The first kappa shape index (κ1) is 13.0. The molecule has 0 radical (unpaired) electrons. The summed E-state index contributed by atoms with van der Waals surface area (Å²) in [7, 11) is 1.45. The van der Waals surface area contributed by atoms with Gasteiger partial charge in [-0.25, -0.2) is 14.2 Å². The molecule has 1 N–H and O–H groups in total. The zero-order valence-electron chi connectivity index (χ0n) is 11.1. The van der Waals surface area contributed by atoms with Crippen molar-refractivity contribution in [1.29, 1.82) is 0 Å². The van der Waals surface area contributed by atoms with E-state index in [9.17, 15) is 9.18 Å². The molecule has 6 nitrogen and oxygen atoms in total. The number of anilines is 1. The number of carbonyl (C=O) groups excluding carboxylic acids is 1. The maximum absolute atomic E-state index is 14.0. The number of nitrogens with one attached hydrogen (secondary N) is 1. The van der Waals surface area contributed by atoms with Gasteiger partial charge in [0.15, 0.2) is 5.82 Å². The summed E-state index contributed by atoms with van der Waals surface area (Å²) in [6.07, 6.45) is 5.81. The van der Waals surface area contributed by atoms with Crippen molar-refractivity contribution in [3.63, 3.8) is 0 Å². The van der Waals surface area contributed by atoms with E-state index in [0.717, 1.165) is 0 Å². The monoisotopic (exact) mass is 286 g/mol. The van der Waals surface area contributed by atoms with Gasteiger partial charge in [-0.15, -0.1) is 0 Å². The van der Waals surface area contributed by atoms with Gasteiger partial charge >= 0.3 is 6.03 Å². The molecular formula is C14H11FN4O2. The highest BCUT2D eigenvalue weighted by Crippen LogP contribution is 2.28. The minimum Gasteiger partial charge on any atom is -0.497 e. The van der Waals surface area contributed by atoms with E-state index in [1.54, 1.807) is 12.1 Å². The predicted molar refractivity (Wildman–Crippen MR) is 74.9 cm³/mol. The van der Waals surface area contributed by atoms with Crippen molar-refractivity contribution in [2.75, 3.05) is 12.4 Å². The molecule has 0 bridgehead atoms. The second-order valence-electron chi connectivity index (χ2n) is 4.26. The first-order chi connectivity index (χ1) is 10.2. The van der Waals surface area contributed by atoms with Crippen molar-refractivity contribution in [3.05, 3.63) is 48.9 Å². The Morgan fingerprint density at radius 1 is 1.38 bits per heavy atom. The number of carbonyl (C=O) groups is 1. The largest absolute Gasteiger partial charge is 0.497 e. The SMILES string of the molecule is COc1cc(F)c2nccc(NC(=O)n3ccnc3)c2c1. The Balaban J connectivity index is 2.06. The number of fused-ring (bicyclic) bond motifs is 1. The summed E-state index contributed by atoms with van der Waals surface area (Å²) in [6, 6.07) is 4.06. The van der Waals surface area contributed by atoms with E-state index in [1.165, 1.54) is 42.7 Å². The molecule has 0 fully saturated rings. The third-order valence-electron chi connectivity index (χ3n) is 2.99. The number of methoxy groups -OCH3 is 1. The number of pyridine rings is 1. The zero-order chi connectivity index (χ0) is 14.8. The number of rotatable bonds is 2. The van der Waals surface area contributed by atoms with Crippen molar-refractivity contribution in [2.45, 2.75) is 0 Å². The number of ether oxygens (including phenoxy) is 1. The Bertz CT molecular complexity index is 802. The summed E-state index contributed by atoms with van der Waals surface area (Å²) in [4.78, 5) is 19.8. The summed E-state index contributed by atoms with van der Waals surface area (Å²) in [5.41, 5.74) is 0.607. The van der Waals surface area contributed by atoms with Crippen LogP contribution in [0.25, 0.3) is 10.9 Å². The van der Waals surface area contributed by atoms with Gasteiger partial charge in [-0.2, -0.15) is 0 Å². The van der Waals surface area contributed by atoms with Gasteiger partial charge in [0.1, 0.15) is 17.6 Å². The third kappa shape index (κ3) is 2.40. The molecule has 0 spiro atoms. The van der Waals surface area contributed by atoms with Crippen LogP contribution in [0.1, 0.15) is 0 Å². The first-order valence-electron chi connectivity index (χ1n) is 6.10. The Morgan fingerprint density at radius 2 is 2.24 bits per heavy atom. The van der Waals surface area contributed by atoms with E-state index in [0.29, 0.717) is 16.8 Å². The lowest BCUT2D eigenvalue weighted by atomic mass is 10.1. The highest BCUT2D eigenvalue weighted by Gasteiger charge is 2.12. The minimum absolute atomic E-state index is 0.166. The topological polar surface area (TPSA) is 69.0 Å². The molecule has 3 aromatic rings. The van der Waals surface area contributed by atoms with Crippen LogP contribution in [-0.4, -0.2) is 27.7 Å². The van der Waals surface area contributed by atoms with Gasteiger partial charge in [-0.3, -0.25) is 9.55 Å². The first-order valence-corrected chi connectivity index (χ1v) is 6.10. The molecule has 1 amide bonds. The smallest absolute Gasteiger partial charge is 0.331 e. The van der Waals surface area contributed by atoms with Crippen molar-refractivity contribution >= 4 is 22.6 Å². The highest BCUT2D eigenvalue weighted by atomic mass is 19.1. The van der Waals surface area contributed by atoms with Crippen LogP contribution in [0.3, 0.4) is 0 Å². The zero-order valence-corrected chi connectivity index (χ0v) is 11.1. The molecule has 0 aliphatic rings. The average Bonchev–Trinajstić information content (AvgIpc) is 3.02. The van der Waals surface area contributed by atoms with Gasteiger partial charge in [-0.1, -0.05) is 0 Å². The lowest BCUT2D eigenvalue weighted by Crippen LogP contribution is -2.18. The fraction of sp³-hybridized carbons (Fsp3) is 0.0714. The van der Waals surface area contributed by atoms with Crippen LogP contribution in [0.5, 0.6) is 5.75 Å². The van der Waals surface area contributed by atoms with Crippen molar-refractivity contribution in [3.8, 4) is 5.75 Å². The molecule has 106 valence electrons. The molecule has 1 aromatic carbocycles. The Hall–Kier alpha value is -2.96. The molecule has 0 saturated carbocycles. The van der Waals surface area contributed by atoms with E-state index in [4.69, 9.17) is 4.74 Å². The van der Waals surface area contributed by atoms with Crippen LogP contribution in [0.4, 0.5) is 14.9 Å². The van der Waals surface area contributed by atoms with E-state index in [1.807, 2.05) is 0 Å². The molecular weight excluding hydrogens is 275 g/mol. The second kappa shape index (κ2) is 5.20. The summed E-state index contributed by atoms with van der Waals surface area (Å²) in [5, 5.41) is 3.15. The van der Waals surface area contributed by atoms with Crippen molar-refractivity contribution in [2.24, 2.45) is 0 Å². The van der Waals surface area contributed by atoms with Crippen molar-refractivity contribution < 1.29 is 13.9 Å². The van der Waals surface area contributed by atoms with Gasteiger partial charge < -0.3 is 10.1 Å². The van der Waals surface area contributed by atoms with Gasteiger partial charge in [-0.05, 0) is 12.1 Å². The fourth-order valence-electron chi connectivity index (χ4n) is 1.97. The van der Waals surface area contributed by atoms with Crippen LogP contribution in [0, 0.1) is 5.82 Å². The van der Waals surface area contributed by atoms with E-state index in [-0.39, 0.29) is 5.52 Å². The molecule has 0 atom stereocenters. The Morgan fingerprint density at radius 3 is 2.95 bits per heavy atom. The average molecular weight is 286 g/mol. The normalized spacial score (nSPS) is 10.6. The summed E-state index contributed by atoms with van der Waals surface area (Å²) in [6.45, 7) is 0. The molecule has 2 heterocycles. The number of hydrogen-bond acceptors (Lipinski definition) is 4. The Labute approximate surface area is 119 Å². The molecule has 2 aromatic heterocycles.